The molecule has 0 aromatic carbocycles. The Hall–Kier alpha value is 0.880. The van der Waals surface area contributed by atoms with Crippen molar-refractivity contribution in [1.82, 2.24) is 0 Å². The van der Waals surface area contributed by atoms with Crippen LogP contribution in [0.2, 0.25) is 0 Å². The van der Waals surface area contributed by atoms with Gasteiger partial charge in [0.2, 0.25) is 0 Å². The number of halogens is 3. The van der Waals surface area contributed by atoms with Crippen LogP contribution in [0, 0.1) is 11.8 Å². The maximum Gasteiger partial charge on any atom is 0.306 e. The molecule has 7 heteroatoms. The number of carbonyl (C=O) groups excluding carboxylic acids is 1. The molecule has 1 aliphatic rings. The van der Waals surface area contributed by atoms with Gasteiger partial charge < -0.3 is 9.84 Å². The van der Waals surface area contributed by atoms with E-state index in [-0.39, 0.29) is 5.97 Å². The van der Waals surface area contributed by atoms with Crippen molar-refractivity contribution in [2.45, 2.75) is 52.4 Å². The number of hydrogen-bond acceptors (Lipinski definition) is 3. The Balaban J connectivity index is 0. The Bertz CT molecular complexity index is 278. The topological polar surface area (TPSA) is 63.6 Å². The normalized spacial score (nSPS) is 17.8. The van der Waals surface area contributed by atoms with Gasteiger partial charge in [0, 0.05) is 54.9 Å². The summed E-state index contributed by atoms with van der Waals surface area (Å²) in [5.41, 5.74) is 0. The minimum atomic E-state index is -0.696. The van der Waals surface area contributed by atoms with Crippen LogP contribution in [-0.2, 0) is 14.3 Å². The number of rotatable bonds is 7. The van der Waals surface area contributed by atoms with Crippen molar-refractivity contribution in [1.29, 1.82) is 0 Å². The minimum absolute atomic E-state index is 0.0200. The van der Waals surface area contributed by atoms with Gasteiger partial charge in [-0.3, -0.25) is 9.59 Å². The molecule has 126 valence electrons. The zero-order valence-electron chi connectivity index (χ0n) is 12.6. The van der Waals surface area contributed by atoms with E-state index in [0.717, 1.165) is 31.0 Å². The van der Waals surface area contributed by atoms with Crippen LogP contribution >= 0.6 is 53.2 Å². The van der Waals surface area contributed by atoms with Crippen molar-refractivity contribution < 1.29 is 19.4 Å². The van der Waals surface area contributed by atoms with E-state index in [4.69, 9.17) is 9.84 Å². The first-order valence-electron chi connectivity index (χ1n) is 7.11. The monoisotopic (exact) mass is 590 g/mol. The van der Waals surface area contributed by atoms with Crippen LogP contribution in [0.3, 0.4) is 0 Å². The van der Waals surface area contributed by atoms with Crippen molar-refractivity contribution in [2.24, 2.45) is 11.8 Å². The first-order chi connectivity index (χ1) is 10.0. The fourth-order valence-corrected chi connectivity index (χ4v) is 2.60. The summed E-state index contributed by atoms with van der Waals surface area (Å²) in [4.78, 5) is 20.7. The Morgan fingerprint density at radius 2 is 2.05 bits per heavy atom. The third kappa shape index (κ3) is 15.5. The zero-order chi connectivity index (χ0) is 16.7. The molecule has 4 nitrogen and oxygen atoms in total. The molecule has 0 radical (unpaired) electrons. The van der Waals surface area contributed by atoms with E-state index in [9.17, 15) is 9.59 Å². The Labute approximate surface area is 159 Å². The molecule has 1 heterocycles. The van der Waals surface area contributed by atoms with Gasteiger partial charge in [-0.25, -0.2) is 0 Å². The van der Waals surface area contributed by atoms with Gasteiger partial charge in [-0.05, 0) is 18.8 Å². The molecular weight excluding hydrogens is 566 g/mol. The number of hydrogen-bond donors (Lipinski definition) is 1. The molecule has 0 unspecified atom stereocenters. The van der Waals surface area contributed by atoms with Crippen molar-refractivity contribution in [3.8, 4) is 0 Å². The van der Waals surface area contributed by atoms with Crippen LogP contribution in [0.15, 0.2) is 0 Å². The quantitative estimate of drug-likeness (QED) is 0.245. The standard InChI is InChI=1S/C7H13BrO2.C7H12O2.I2/c1-2-3-6(5-8)4-7(9)10;1-2-3-6-4-7(8)9-5-6;1-2/h6H,2-5H2,1H3,(H,9,10);6H,2-5H2,1H3;/t2*6-;/m11./s1. The summed E-state index contributed by atoms with van der Waals surface area (Å²) in [5.74, 6) is 0.108. The summed E-state index contributed by atoms with van der Waals surface area (Å²) < 4.78 is 4.78. The van der Waals surface area contributed by atoms with Crippen LogP contribution < -0.4 is 0 Å². The predicted molar refractivity (Wildman–Crippen MR) is 106 cm³/mol. The number of cyclic esters (lactones) is 1. The lowest BCUT2D eigenvalue weighted by Gasteiger charge is -2.07. The second-order valence-corrected chi connectivity index (χ2v) is 5.60. The highest BCUT2D eigenvalue weighted by atomic mass is 128. The van der Waals surface area contributed by atoms with Gasteiger partial charge in [-0.1, -0.05) is 42.6 Å². The van der Waals surface area contributed by atoms with Gasteiger partial charge in [0.05, 0.1) is 13.0 Å². The lowest BCUT2D eigenvalue weighted by molar-refractivity contribution is -0.138. The number of esters is 1. The highest BCUT2D eigenvalue weighted by Crippen LogP contribution is 2.18. The van der Waals surface area contributed by atoms with E-state index in [1.165, 1.54) is 0 Å². The van der Waals surface area contributed by atoms with Gasteiger partial charge in [0.25, 0.3) is 0 Å². The molecule has 1 rings (SSSR count). The Morgan fingerprint density at radius 1 is 1.43 bits per heavy atom. The first kappa shape index (κ1) is 24.1. The molecule has 21 heavy (non-hydrogen) atoms. The van der Waals surface area contributed by atoms with Gasteiger partial charge >= 0.3 is 11.9 Å². The molecule has 1 aliphatic heterocycles. The number of alkyl halides is 1. The molecule has 1 fully saturated rings. The average molecular weight is 591 g/mol. The molecule has 0 spiro atoms. The SMILES string of the molecule is CCC[C@@H](CBr)CC(=O)O.CCC[C@H]1COC(=O)C1.II. The summed E-state index contributed by atoms with van der Waals surface area (Å²) in [6.07, 6.45) is 5.28. The van der Waals surface area contributed by atoms with Gasteiger partial charge in [0.1, 0.15) is 0 Å². The average Bonchev–Trinajstić information content (AvgIpc) is 2.87. The third-order valence-corrected chi connectivity index (χ3v) is 3.93. The maximum atomic E-state index is 10.5. The lowest BCUT2D eigenvalue weighted by Crippen LogP contribution is -2.08. The minimum Gasteiger partial charge on any atom is -0.481 e. The van der Waals surface area contributed by atoms with Gasteiger partial charge in [-0.15, -0.1) is 0 Å². The van der Waals surface area contributed by atoms with Crippen LogP contribution in [-0.4, -0.2) is 29.0 Å². The molecule has 0 aromatic heterocycles. The summed E-state index contributed by atoms with van der Waals surface area (Å²) in [6.45, 7) is 4.85. The van der Waals surface area contributed by atoms with Gasteiger partial charge in [0.15, 0.2) is 0 Å². The summed E-state index contributed by atoms with van der Waals surface area (Å²) in [5, 5.41) is 9.22. The summed E-state index contributed by atoms with van der Waals surface area (Å²) >= 11 is 7.52. The Kier molecular flexibility index (Phi) is 19.8. The number of carboxylic acid groups (broad SMARTS) is 1. The molecule has 0 aliphatic carbocycles. The highest BCUT2D eigenvalue weighted by molar-refractivity contribution is 15.0. The zero-order valence-corrected chi connectivity index (χ0v) is 18.5. The smallest absolute Gasteiger partial charge is 0.306 e. The molecule has 0 amide bonds. The number of aliphatic carboxylic acids is 1. The summed E-state index contributed by atoms with van der Waals surface area (Å²) in [6, 6.07) is 0. The highest BCUT2D eigenvalue weighted by Gasteiger charge is 2.22. The first-order valence-corrected chi connectivity index (χ1v) is 14.5. The second kappa shape index (κ2) is 17.2. The van der Waals surface area contributed by atoms with E-state index in [0.29, 0.717) is 31.3 Å². The predicted octanol–water partition coefficient (Wildman–Crippen LogP) is 5.39. The maximum absolute atomic E-state index is 10.5. The van der Waals surface area contributed by atoms with Crippen LogP contribution in [0.1, 0.15) is 52.4 Å². The molecule has 0 bridgehead atoms. The van der Waals surface area contributed by atoms with Crippen molar-refractivity contribution in [3.63, 3.8) is 0 Å². The fourth-order valence-electron chi connectivity index (χ4n) is 2.05. The van der Waals surface area contributed by atoms with Crippen LogP contribution in [0.5, 0.6) is 0 Å². The number of carbonyl (C=O) groups is 2. The van der Waals surface area contributed by atoms with E-state index < -0.39 is 5.97 Å². The molecular formula is C14H25BrI2O4. The molecule has 0 aromatic rings. The van der Waals surface area contributed by atoms with Crippen LogP contribution in [0.25, 0.3) is 0 Å². The van der Waals surface area contributed by atoms with E-state index in [2.05, 4.69) is 67.0 Å². The van der Waals surface area contributed by atoms with E-state index >= 15 is 0 Å². The third-order valence-electron chi connectivity index (χ3n) is 3.01. The van der Waals surface area contributed by atoms with Crippen LogP contribution in [0.4, 0.5) is 0 Å². The number of carboxylic acids is 1. The molecule has 0 saturated carbocycles. The van der Waals surface area contributed by atoms with Gasteiger partial charge in [-0.2, -0.15) is 0 Å². The fraction of sp³-hybridized carbons (Fsp3) is 0.857. The molecule has 2 atom stereocenters. The van der Waals surface area contributed by atoms with Crippen molar-refractivity contribution in [3.05, 3.63) is 0 Å². The van der Waals surface area contributed by atoms with Crippen molar-refractivity contribution in [2.75, 3.05) is 11.9 Å². The van der Waals surface area contributed by atoms with Crippen molar-refractivity contribution >= 4 is 65.1 Å². The Morgan fingerprint density at radius 3 is 2.38 bits per heavy atom. The largest absolute Gasteiger partial charge is 0.481 e. The summed E-state index contributed by atoms with van der Waals surface area (Å²) in [7, 11) is 0. The molecule has 1 saturated heterocycles. The van der Waals surface area contributed by atoms with E-state index in [1.54, 1.807) is 0 Å². The molecule has 1 N–H and O–H groups in total. The lowest BCUT2D eigenvalue weighted by atomic mass is 10.0. The second-order valence-electron chi connectivity index (χ2n) is 4.95. The van der Waals surface area contributed by atoms with E-state index in [1.807, 2.05) is 0 Å². The number of ether oxygens (including phenoxy) is 1.